The predicted octanol–water partition coefficient (Wildman–Crippen LogP) is 2.28. The zero-order valence-electron chi connectivity index (χ0n) is 10.1. The summed E-state index contributed by atoms with van der Waals surface area (Å²) in [6.45, 7) is 6.51. The lowest BCUT2D eigenvalue weighted by Crippen LogP contribution is -2.22. The summed E-state index contributed by atoms with van der Waals surface area (Å²) in [6.07, 6.45) is 1.21. The van der Waals surface area contributed by atoms with Crippen molar-refractivity contribution in [3.8, 4) is 0 Å². The van der Waals surface area contributed by atoms with E-state index in [1.54, 1.807) is 0 Å². The van der Waals surface area contributed by atoms with Crippen molar-refractivity contribution in [3.63, 3.8) is 0 Å². The van der Waals surface area contributed by atoms with E-state index >= 15 is 0 Å². The Morgan fingerprint density at radius 3 is 2.81 bits per heavy atom. The molecule has 1 unspecified atom stereocenters. The minimum Gasteiger partial charge on any atom is -0.383 e. The molecule has 1 aliphatic heterocycles. The normalized spacial score (nSPS) is 20.1. The maximum Gasteiger partial charge on any atom is 0.0398 e. The third-order valence-corrected chi connectivity index (χ3v) is 2.75. The van der Waals surface area contributed by atoms with Gasteiger partial charge in [0.2, 0.25) is 0 Å². The largest absolute Gasteiger partial charge is 0.383 e. The molecule has 0 bridgehead atoms. The molecule has 0 amide bonds. The summed E-state index contributed by atoms with van der Waals surface area (Å²) in [4.78, 5) is 0. The predicted molar refractivity (Wildman–Crippen MR) is 70.1 cm³/mol. The second-order valence-corrected chi connectivity index (χ2v) is 4.71. The summed E-state index contributed by atoms with van der Waals surface area (Å²) in [5, 5.41) is 10.3. The number of rotatable bonds is 4. The standard InChI is InChI=1S/C13H21N3/c1-10(2)15-11-4-3-5-12(8-11)16-13-6-7-14-9-13/h3-5,8,10,13-16H,6-7,9H2,1-2H3. The number of nitrogens with one attached hydrogen (secondary N) is 3. The molecule has 1 fully saturated rings. The Morgan fingerprint density at radius 2 is 2.12 bits per heavy atom. The summed E-state index contributed by atoms with van der Waals surface area (Å²) in [5.74, 6) is 0. The van der Waals surface area contributed by atoms with Gasteiger partial charge in [-0.15, -0.1) is 0 Å². The highest BCUT2D eigenvalue weighted by Crippen LogP contribution is 2.17. The lowest BCUT2D eigenvalue weighted by atomic mass is 10.2. The highest BCUT2D eigenvalue weighted by Gasteiger charge is 2.13. The van der Waals surface area contributed by atoms with Crippen LogP contribution in [0.3, 0.4) is 0 Å². The Kier molecular flexibility index (Phi) is 3.67. The Balaban J connectivity index is 1.97. The maximum atomic E-state index is 3.55. The van der Waals surface area contributed by atoms with Crippen molar-refractivity contribution in [1.29, 1.82) is 0 Å². The molecule has 0 aliphatic carbocycles. The molecule has 1 heterocycles. The first-order valence-electron chi connectivity index (χ1n) is 6.08. The van der Waals surface area contributed by atoms with Crippen molar-refractivity contribution in [2.75, 3.05) is 23.7 Å². The van der Waals surface area contributed by atoms with Crippen LogP contribution in [-0.4, -0.2) is 25.2 Å². The number of benzene rings is 1. The van der Waals surface area contributed by atoms with Crippen LogP contribution < -0.4 is 16.0 Å². The SMILES string of the molecule is CC(C)Nc1cccc(NC2CCNC2)c1. The third kappa shape index (κ3) is 3.14. The Labute approximate surface area is 97.6 Å². The molecule has 1 aromatic rings. The van der Waals surface area contributed by atoms with E-state index in [0.29, 0.717) is 12.1 Å². The minimum atomic E-state index is 0.475. The van der Waals surface area contributed by atoms with Gasteiger partial charge >= 0.3 is 0 Å². The fraction of sp³-hybridized carbons (Fsp3) is 0.538. The zero-order chi connectivity index (χ0) is 11.4. The van der Waals surface area contributed by atoms with Crippen LogP contribution >= 0.6 is 0 Å². The fourth-order valence-electron chi connectivity index (χ4n) is 2.05. The number of anilines is 2. The van der Waals surface area contributed by atoms with E-state index in [1.165, 1.54) is 17.8 Å². The van der Waals surface area contributed by atoms with E-state index < -0.39 is 0 Å². The van der Waals surface area contributed by atoms with E-state index in [1.807, 2.05) is 0 Å². The Morgan fingerprint density at radius 1 is 1.31 bits per heavy atom. The molecular weight excluding hydrogens is 198 g/mol. The molecule has 0 aromatic heterocycles. The molecule has 3 heteroatoms. The summed E-state index contributed by atoms with van der Waals surface area (Å²) < 4.78 is 0. The lowest BCUT2D eigenvalue weighted by molar-refractivity contribution is 0.793. The molecule has 16 heavy (non-hydrogen) atoms. The van der Waals surface area contributed by atoms with E-state index in [0.717, 1.165) is 13.1 Å². The van der Waals surface area contributed by atoms with Gasteiger partial charge in [-0.25, -0.2) is 0 Å². The smallest absolute Gasteiger partial charge is 0.0398 e. The zero-order valence-corrected chi connectivity index (χ0v) is 10.1. The average molecular weight is 219 g/mol. The molecule has 2 rings (SSSR count). The van der Waals surface area contributed by atoms with Crippen molar-refractivity contribution in [3.05, 3.63) is 24.3 Å². The molecule has 1 atom stereocenters. The molecule has 0 radical (unpaired) electrons. The van der Waals surface area contributed by atoms with Gasteiger partial charge in [0.05, 0.1) is 0 Å². The Hall–Kier alpha value is -1.22. The molecular formula is C13H21N3. The van der Waals surface area contributed by atoms with Crippen molar-refractivity contribution in [2.24, 2.45) is 0 Å². The van der Waals surface area contributed by atoms with Crippen LogP contribution in [0.5, 0.6) is 0 Å². The van der Waals surface area contributed by atoms with Crippen LogP contribution in [0.2, 0.25) is 0 Å². The van der Waals surface area contributed by atoms with Crippen LogP contribution in [-0.2, 0) is 0 Å². The number of hydrogen-bond acceptors (Lipinski definition) is 3. The van der Waals surface area contributed by atoms with Gasteiger partial charge in [0.1, 0.15) is 0 Å². The number of hydrogen-bond donors (Lipinski definition) is 3. The summed E-state index contributed by atoms with van der Waals surface area (Å²) in [5.41, 5.74) is 2.39. The molecule has 1 aliphatic rings. The van der Waals surface area contributed by atoms with E-state index in [-0.39, 0.29) is 0 Å². The van der Waals surface area contributed by atoms with Crippen LogP contribution in [0.15, 0.2) is 24.3 Å². The average Bonchev–Trinajstić information content (AvgIpc) is 2.70. The third-order valence-electron chi connectivity index (χ3n) is 2.75. The van der Waals surface area contributed by atoms with Crippen LogP contribution in [0.25, 0.3) is 0 Å². The highest BCUT2D eigenvalue weighted by atomic mass is 15.0. The van der Waals surface area contributed by atoms with Gasteiger partial charge in [-0.1, -0.05) is 6.07 Å². The Bertz CT molecular complexity index is 330. The maximum absolute atomic E-state index is 3.55. The van der Waals surface area contributed by atoms with Crippen molar-refractivity contribution >= 4 is 11.4 Å². The van der Waals surface area contributed by atoms with Gasteiger partial charge in [0, 0.05) is 30.0 Å². The molecule has 3 nitrogen and oxygen atoms in total. The van der Waals surface area contributed by atoms with E-state index in [4.69, 9.17) is 0 Å². The van der Waals surface area contributed by atoms with Gasteiger partial charge in [0.25, 0.3) is 0 Å². The minimum absolute atomic E-state index is 0.475. The second-order valence-electron chi connectivity index (χ2n) is 4.71. The molecule has 88 valence electrons. The molecule has 3 N–H and O–H groups in total. The first-order valence-corrected chi connectivity index (χ1v) is 6.08. The summed E-state index contributed by atoms with van der Waals surface area (Å²) in [6, 6.07) is 9.56. The van der Waals surface area contributed by atoms with Crippen LogP contribution in [0.4, 0.5) is 11.4 Å². The summed E-state index contributed by atoms with van der Waals surface area (Å²) in [7, 11) is 0. The van der Waals surface area contributed by atoms with E-state index in [2.05, 4.69) is 54.1 Å². The van der Waals surface area contributed by atoms with Gasteiger partial charge in [-0.3, -0.25) is 0 Å². The van der Waals surface area contributed by atoms with E-state index in [9.17, 15) is 0 Å². The molecule has 1 saturated heterocycles. The molecule has 1 aromatic carbocycles. The van der Waals surface area contributed by atoms with Crippen LogP contribution in [0.1, 0.15) is 20.3 Å². The first kappa shape index (κ1) is 11.3. The first-order chi connectivity index (χ1) is 7.74. The van der Waals surface area contributed by atoms with Gasteiger partial charge in [-0.2, -0.15) is 0 Å². The molecule has 0 spiro atoms. The lowest BCUT2D eigenvalue weighted by Gasteiger charge is -2.15. The monoisotopic (exact) mass is 219 g/mol. The molecule has 0 saturated carbocycles. The van der Waals surface area contributed by atoms with Crippen molar-refractivity contribution in [1.82, 2.24) is 5.32 Å². The quantitative estimate of drug-likeness (QED) is 0.727. The second kappa shape index (κ2) is 5.21. The van der Waals surface area contributed by atoms with Gasteiger partial charge in [0.15, 0.2) is 0 Å². The topological polar surface area (TPSA) is 36.1 Å². The van der Waals surface area contributed by atoms with Crippen LogP contribution in [0, 0.1) is 0 Å². The van der Waals surface area contributed by atoms with Crippen molar-refractivity contribution in [2.45, 2.75) is 32.4 Å². The van der Waals surface area contributed by atoms with Gasteiger partial charge in [-0.05, 0) is 45.0 Å². The highest BCUT2D eigenvalue weighted by molar-refractivity contribution is 5.57. The van der Waals surface area contributed by atoms with Crippen molar-refractivity contribution < 1.29 is 0 Å². The van der Waals surface area contributed by atoms with Gasteiger partial charge < -0.3 is 16.0 Å². The summed E-state index contributed by atoms with van der Waals surface area (Å²) >= 11 is 0. The fourth-order valence-corrected chi connectivity index (χ4v) is 2.05.